The number of hydrogen-bond donors (Lipinski definition) is 0. The predicted molar refractivity (Wildman–Crippen MR) is 59.1 cm³/mol. The zero-order chi connectivity index (χ0) is 12.0. The van der Waals surface area contributed by atoms with E-state index in [4.69, 9.17) is 0 Å². The molecule has 0 atom stereocenters. The molecule has 2 aliphatic rings. The summed E-state index contributed by atoms with van der Waals surface area (Å²) in [5.74, 6) is -0.404. The van der Waals surface area contributed by atoms with Gasteiger partial charge in [-0.05, 0) is 12.8 Å². The Morgan fingerprint density at radius 2 is 1.94 bits per heavy atom. The number of hydrogen-bond acceptors (Lipinski definition) is 4. The van der Waals surface area contributed by atoms with Gasteiger partial charge in [-0.2, -0.15) is 17.0 Å². The highest BCUT2D eigenvalue weighted by Crippen LogP contribution is 2.38. The lowest BCUT2D eigenvalue weighted by Crippen LogP contribution is -2.46. The largest absolute Gasteiger partial charge is 0.311 e. The Bertz CT molecular complexity index is 435. The van der Waals surface area contributed by atoms with Crippen LogP contribution in [0.4, 0.5) is 0 Å². The minimum absolute atomic E-state index is 0.404. The van der Waals surface area contributed by atoms with Crippen LogP contribution >= 0.6 is 0 Å². The summed E-state index contributed by atoms with van der Waals surface area (Å²) in [7, 11) is -0.924. The van der Waals surface area contributed by atoms with Crippen molar-refractivity contribution >= 4 is 22.5 Å². The Morgan fingerprint density at radius 1 is 1.38 bits per heavy atom. The van der Waals surface area contributed by atoms with Gasteiger partial charge in [0.25, 0.3) is 5.91 Å². The molecule has 1 fully saturated rings. The van der Waals surface area contributed by atoms with E-state index >= 15 is 0 Å². The molecular formula is C9H15N3O3S. The molecule has 1 saturated carbocycles. The predicted octanol–water partition coefficient (Wildman–Crippen LogP) is -0.0239. The van der Waals surface area contributed by atoms with Gasteiger partial charge in [-0.15, -0.1) is 0 Å². The van der Waals surface area contributed by atoms with Crippen LogP contribution in [0.1, 0.15) is 25.7 Å². The summed E-state index contributed by atoms with van der Waals surface area (Å²) in [6, 6.07) is 0. The maximum atomic E-state index is 12.1. The van der Waals surface area contributed by atoms with Crippen molar-refractivity contribution in [1.29, 1.82) is 0 Å². The molecule has 16 heavy (non-hydrogen) atoms. The van der Waals surface area contributed by atoms with Crippen molar-refractivity contribution in [2.24, 2.45) is 4.99 Å². The third kappa shape index (κ3) is 1.46. The number of rotatable bonds is 2. The van der Waals surface area contributed by atoms with Crippen LogP contribution in [0.3, 0.4) is 0 Å². The smallest absolute Gasteiger partial charge is 0.270 e. The highest BCUT2D eigenvalue weighted by Gasteiger charge is 2.50. The topological polar surface area (TPSA) is 70.1 Å². The molecule has 0 aromatic heterocycles. The molecule has 0 unspecified atom stereocenters. The maximum Gasteiger partial charge on any atom is 0.311 e. The number of carbonyl (C=O) groups is 1. The summed E-state index contributed by atoms with van der Waals surface area (Å²) in [5, 5.41) is 0. The zero-order valence-corrected chi connectivity index (χ0v) is 10.2. The molecular weight excluding hydrogens is 230 g/mol. The van der Waals surface area contributed by atoms with Crippen molar-refractivity contribution in [2.45, 2.75) is 31.2 Å². The second-order valence-corrected chi connectivity index (χ2v) is 6.39. The zero-order valence-electron chi connectivity index (χ0n) is 9.38. The van der Waals surface area contributed by atoms with Gasteiger partial charge >= 0.3 is 10.2 Å². The molecule has 2 rings (SSSR count). The monoisotopic (exact) mass is 245 g/mol. The molecule has 1 spiro atoms. The van der Waals surface area contributed by atoms with Crippen LogP contribution in [0.25, 0.3) is 0 Å². The van der Waals surface area contributed by atoms with Crippen LogP contribution < -0.4 is 0 Å². The molecule has 1 amide bonds. The van der Waals surface area contributed by atoms with Crippen LogP contribution in [0.2, 0.25) is 0 Å². The van der Waals surface area contributed by atoms with Gasteiger partial charge < -0.3 is 0 Å². The van der Waals surface area contributed by atoms with Crippen LogP contribution in [0, 0.1) is 0 Å². The first-order chi connectivity index (χ1) is 7.40. The van der Waals surface area contributed by atoms with E-state index in [0.717, 1.165) is 27.8 Å². The van der Waals surface area contributed by atoms with Gasteiger partial charge in [-0.1, -0.05) is 12.8 Å². The fraction of sp³-hybridized carbons (Fsp3) is 0.778. The van der Waals surface area contributed by atoms with Crippen molar-refractivity contribution < 1.29 is 13.2 Å². The molecule has 0 bridgehead atoms. The highest BCUT2D eigenvalue weighted by molar-refractivity contribution is 7.87. The summed E-state index contributed by atoms with van der Waals surface area (Å²) in [6.07, 6.45) is 4.32. The van der Waals surface area contributed by atoms with Crippen molar-refractivity contribution in [3.63, 3.8) is 0 Å². The van der Waals surface area contributed by atoms with Crippen LogP contribution in [-0.4, -0.2) is 48.9 Å². The molecule has 0 N–H and O–H groups in total. The molecule has 0 aromatic rings. The first kappa shape index (κ1) is 11.5. The molecule has 1 aliphatic heterocycles. The van der Waals surface area contributed by atoms with Crippen molar-refractivity contribution in [3.8, 4) is 0 Å². The van der Waals surface area contributed by atoms with Crippen molar-refractivity contribution in [3.05, 3.63) is 0 Å². The Kier molecular flexibility index (Phi) is 2.54. The molecule has 0 saturated heterocycles. The molecule has 7 heteroatoms. The summed E-state index contributed by atoms with van der Waals surface area (Å²) < 4.78 is 25.4. The fourth-order valence-corrected chi connectivity index (χ4v) is 3.02. The van der Waals surface area contributed by atoms with Gasteiger partial charge in [0, 0.05) is 14.1 Å². The number of nitrogens with zero attached hydrogens (tertiary/aromatic N) is 3. The lowest BCUT2D eigenvalue weighted by Gasteiger charge is -2.22. The van der Waals surface area contributed by atoms with Crippen LogP contribution in [-0.2, 0) is 15.0 Å². The van der Waals surface area contributed by atoms with Gasteiger partial charge in [0.1, 0.15) is 11.9 Å². The molecule has 1 aliphatic carbocycles. The third-order valence-electron chi connectivity index (χ3n) is 3.15. The van der Waals surface area contributed by atoms with Gasteiger partial charge in [0.05, 0.1) is 0 Å². The van der Waals surface area contributed by atoms with Crippen molar-refractivity contribution in [2.75, 3.05) is 14.1 Å². The first-order valence-corrected chi connectivity index (χ1v) is 6.61. The van der Waals surface area contributed by atoms with E-state index in [9.17, 15) is 13.2 Å². The van der Waals surface area contributed by atoms with E-state index in [1.807, 2.05) is 0 Å². The standard InChI is InChI=1S/C9H15N3O3S/c1-11(2)16(14,15)12-7-10-9(8(12)13)5-3-4-6-9/h7H,3-6H2,1-2H3. The molecule has 1 heterocycles. The van der Waals surface area contributed by atoms with E-state index in [1.165, 1.54) is 14.1 Å². The summed E-state index contributed by atoms with van der Waals surface area (Å²) in [6.45, 7) is 0. The average molecular weight is 245 g/mol. The molecule has 0 radical (unpaired) electrons. The lowest BCUT2D eigenvalue weighted by atomic mass is 9.99. The minimum atomic E-state index is -3.72. The summed E-state index contributed by atoms with van der Waals surface area (Å²) >= 11 is 0. The van der Waals surface area contributed by atoms with Gasteiger partial charge in [-0.25, -0.2) is 0 Å². The second kappa shape index (κ2) is 3.53. The number of carbonyl (C=O) groups excluding carboxylic acids is 1. The highest BCUT2D eigenvalue weighted by atomic mass is 32.2. The van der Waals surface area contributed by atoms with E-state index in [2.05, 4.69) is 4.99 Å². The second-order valence-electron chi connectivity index (χ2n) is 4.37. The van der Waals surface area contributed by atoms with E-state index in [1.54, 1.807) is 0 Å². The SMILES string of the molecule is CN(C)S(=O)(=O)N1C=NC2(CCCC2)C1=O. The summed E-state index contributed by atoms with van der Waals surface area (Å²) in [5.41, 5.74) is -0.789. The average Bonchev–Trinajstić information content (AvgIpc) is 2.78. The van der Waals surface area contributed by atoms with E-state index < -0.39 is 21.7 Å². The number of amides is 1. The Labute approximate surface area is 95.1 Å². The summed E-state index contributed by atoms with van der Waals surface area (Å²) in [4.78, 5) is 16.2. The molecule has 0 aromatic carbocycles. The third-order valence-corrected chi connectivity index (χ3v) is 4.83. The van der Waals surface area contributed by atoms with Gasteiger partial charge in [0.15, 0.2) is 0 Å². The van der Waals surface area contributed by atoms with Gasteiger partial charge in [0.2, 0.25) is 0 Å². The Hall–Kier alpha value is -0.950. The normalized spacial score (nSPS) is 23.9. The van der Waals surface area contributed by atoms with Crippen LogP contribution in [0.5, 0.6) is 0 Å². The molecule has 6 nitrogen and oxygen atoms in total. The Balaban J connectivity index is 2.31. The van der Waals surface area contributed by atoms with E-state index in [0.29, 0.717) is 12.8 Å². The van der Waals surface area contributed by atoms with Crippen LogP contribution in [0.15, 0.2) is 4.99 Å². The van der Waals surface area contributed by atoms with Gasteiger partial charge in [-0.3, -0.25) is 9.79 Å². The van der Waals surface area contributed by atoms with Crippen molar-refractivity contribution in [1.82, 2.24) is 8.61 Å². The fourth-order valence-electron chi connectivity index (χ4n) is 2.12. The minimum Gasteiger partial charge on any atom is -0.270 e. The quantitative estimate of drug-likeness (QED) is 0.686. The maximum absolute atomic E-state index is 12.1. The number of aliphatic imine (C=N–C) groups is 1. The Morgan fingerprint density at radius 3 is 2.44 bits per heavy atom. The van der Waals surface area contributed by atoms with E-state index in [-0.39, 0.29) is 0 Å². The lowest BCUT2D eigenvalue weighted by molar-refractivity contribution is -0.127. The molecule has 90 valence electrons. The first-order valence-electron chi connectivity index (χ1n) is 5.22.